The smallest absolute Gasteiger partial charge is 0.377 e. The predicted octanol–water partition coefficient (Wildman–Crippen LogP) is 3.36. The second-order valence-corrected chi connectivity index (χ2v) is 8.29. The third kappa shape index (κ3) is 4.28. The second kappa shape index (κ2) is 8.14. The first-order valence-electron chi connectivity index (χ1n) is 10.6. The Kier molecular flexibility index (Phi) is 5.28. The van der Waals surface area contributed by atoms with E-state index in [2.05, 4.69) is 42.4 Å². The summed E-state index contributed by atoms with van der Waals surface area (Å²) in [5, 5.41) is 16.4. The molecule has 0 amide bonds. The normalized spacial score (nSPS) is 15.5. The van der Waals surface area contributed by atoms with E-state index in [1.165, 1.54) is 0 Å². The zero-order valence-corrected chi connectivity index (χ0v) is 18.3. The van der Waals surface area contributed by atoms with Gasteiger partial charge < -0.3 is 15.1 Å². The van der Waals surface area contributed by atoms with E-state index in [4.69, 9.17) is 0 Å². The lowest BCUT2D eigenvalue weighted by molar-refractivity contribution is -0.137. The van der Waals surface area contributed by atoms with Gasteiger partial charge in [-0.05, 0) is 44.3 Å². The average Bonchev–Trinajstić information content (AvgIpc) is 3.19. The van der Waals surface area contributed by atoms with E-state index in [1.54, 1.807) is 16.8 Å². The van der Waals surface area contributed by atoms with Crippen molar-refractivity contribution in [3.8, 4) is 0 Å². The van der Waals surface area contributed by atoms with Gasteiger partial charge in [-0.2, -0.15) is 22.8 Å². The summed E-state index contributed by atoms with van der Waals surface area (Å²) in [4.78, 5) is 8.82. The fourth-order valence-electron chi connectivity index (χ4n) is 3.97. The number of benzene rings is 1. The molecule has 4 heterocycles. The van der Waals surface area contributed by atoms with E-state index in [0.717, 1.165) is 49.7 Å². The Hall–Kier alpha value is -3.47. The van der Waals surface area contributed by atoms with Crippen LogP contribution in [0.2, 0.25) is 0 Å². The number of halogens is 3. The summed E-state index contributed by atoms with van der Waals surface area (Å²) in [5.41, 5.74) is 2.12. The van der Waals surface area contributed by atoms with E-state index in [9.17, 15) is 13.2 Å². The molecule has 11 heteroatoms. The third-order valence-electron chi connectivity index (χ3n) is 5.88. The Morgan fingerprint density at radius 2 is 1.82 bits per heavy atom. The lowest BCUT2D eigenvalue weighted by atomic mass is 10.1. The van der Waals surface area contributed by atoms with Crippen LogP contribution in [0, 0.1) is 6.92 Å². The van der Waals surface area contributed by atoms with Gasteiger partial charge in [0.05, 0.1) is 35.2 Å². The van der Waals surface area contributed by atoms with Crippen LogP contribution in [0.3, 0.4) is 0 Å². The standard InChI is InChI=1S/C22H23F3N8/c1-14-3-4-20-28-29-21(33(20)30-14)13-27-19-10-15(22(23,24)25)9-18-17(19)11-16(12-26-18)32-7-5-31(2)6-8-32/h3-4,9-12,27H,5-8,13H2,1-2H3. The quantitative estimate of drug-likeness (QED) is 0.505. The molecule has 0 unspecified atom stereocenters. The van der Waals surface area contributed by atoms with Crippen LogP contribution < -0.4 is 10.2 Å². The van der Waals surface area contributed by atoms with Crippen LogP contribution in [0.25, 0.3) is 16.6 Å². The largest absolute Gasteiger partial charge is 0.416 e. The van der Waals surface area contributed by atoms with Crippen molar-refractivity contribution >= 4 is 27.9 Å². The van der Waals surface area contributed by atoms with Crippen LogP contribution in [-0.2, 0) is 12.7 Å². The lowest BCUT2D eigenvalue weighted by Crippen LogP contribution is -2.44. The number of hydrogen-bond acceptors (Lipinski definition) is 7. The summed E-state index contributed by atoms with van der Waals surface area (Å²) in [6.45, 7) is 5.52. The van der Waals surface area contributed by atoms with Gasteiger partial charge in [0.1, 0.15) is 0 Å². The van der Waals surface area contributed by atoms with Crippen molar-refractivity contribution in [1.82, 2.24) is 29.7 Å². The highest BCUT2D eigenvalue weighted by atomic mass is 19.4. The van der Waals surface area contributed by atoms with Crippen molar-refractivity contribution in [1.29, 1.82) is 0 Å². The van der Waals surface area contributed by atoms with Crippen LogP contribution in [0.1, 0.15) is 17.1 Å². The highest BCUT2D eigenvalue weighted by Gasteiger charge is 2.32. The van der Waals surface area contributed by atoms with Crippen LogP contribution >= 0.6 is 0 Å². The summed E-state index contributed by atoms with van der Waals surface area (Å²) < 4.78 is 42.3. The van der Waals surface area contributed by atoms with E-state index in [0.29, 0.717) is 22.5 Å². The second-order valence-electron chi connectivity index (χ2n) is 8.29. The fourth-order valence-corrected chi connectivity index (χ4v) is 3.97. The number of nitrogens with zero attached hydrogens (tertiary/aromatic N) is 7. The Balaban J connectivity index is 1.52. The highest BCUT2D eigenvalue weighted by molar-refractivity contribution is 5.94. The molecule has 1 aromatic carbocycles. The first-order valence-corrected chi connectivity index (χ1v) is 10.6. The minimum absolute atomic E-state index is 0.159. The van der Waals surface area contributed by atoms with Gasteiger partial charge in [0.25, 0.3) is 0 Å². The van der Waals surface area contributed by atoms with Gasteiger partial charge in [-0.3, -0.25) is 4.98 Å². The van der Waals surface area contributed by atoms with E-state index >= 15 is 0 Å². The number of anilines is 2. The molecule has 0 aliphatic carbocycles. The maximum absolute atomic E-state index is 13.6. The minimum atomic E-state index is -4.48. The molecule has 4 aromatic rings. The molecular formula is C22H23F3N8. The van der Waals surface area contributed by atoms with Crippen molar-refractivity contribution in [2.24, 2.45) is 0 Å². The SMILES string of the molecule is Cc1ccc2nnc(CNc3cc(C(F)(F)F)cc4ncc(N5CCN(C)CC5)cc34)n2n1. The number of aryl methyl sites for hydroxylation is 1. The molecular weight excluding hydrogens is 433 g/mol. The molecule has 172 valence electrons. The molecule has 0 radical (unpaired) electrons. The van der Waals surface area contributed by atoms with Crippen LogP contribution in [0.5, 0.6) is 0 Å². The number of pyridine rings is 1. The maximum Gasteiger partial charge on any atom is 0.416 e. The number of likely N-dealkylation sites (N-methyl/N-ethyl adjacent to an activating group) is 1. The molecule has 1 N–H and O–H groups in total. The maximum atomic E-state index is 13.6. The minimum Gasteiger partial charge on any atom is -0.377 e. The Morgan fingerprint density at radius 3 is 2.58 bits per heavy atom. The predicted molar refractivity (Wildman–Crippen MR) is 119 cm³/mol. The van der Waals surface area contributed by atoms with E-state index in [1.807, 2.05) is 19.1 Å². The van der Waals surface area contributed by atoms with Crippen molar-refractivity contribution in [3.05, 3.63) is 53.6 Å². The summed E-state index contributed by atoms with van der Waals surface area (Å²) in [7, 11) is 2.07. The number of piperazine rings is 1. The van der Waals surface area contributed by atoms with Gasteiger partial charge in [0.2, 0.25) is 0 Å². The molecule has 5 rings (SSSR count). The Bertz CT molecular complexity index is 1310. The van der Waals surface area contributed by atoms with E-state index in [-0.39, 0.29) is 12.1 Å². The molecule has 0 atom stereocenters. The average molecular weight is 456 g/mol. The summed E-state index contributed by atoms with van der Waals surface area (Å²) >= 11 is 0. The Morgan fingerprint density at radius 1 is 1.03 bits per heavy atom. The monoisotopic (exact) mass is 456 g/mol. The number of rotatable bonds is 4. The molecule has 8 nitrogen and oxygen atoms in total. The van der Waals surface area contributed by atoms with Crippen LogP contribution in [0.15, 0.2) is 36.5 Å². The molecule has 1 saturated heterocycles. The van der Waals surface area contributed by atoms with Gasteiger partial charge in [-0.25, -0.2) is 0 Å². The van der Waals surface area contributed by atoms with Gasteiger partial charge in [0.15, 0.2) is 11.5 Å². The van der Waals surface area contributed by atoms with Gasteiger partial charge in [0, 0.05) is 37.3 Å². The molecule has 33 heavy (non-hydrogen) atoms. The molecule has 0 bridgehead atoms. The number of nitrogens with one attached hydrogen (secondary N) is 1. The summed E-state index contributed by atoms with van der Waals surface area (Å²) in [6.07, 6.45) is -2.83. The van der Waals surface area contributed by atoms with Crippen molar-refractivity contribution in [2.45, 2.75) is 19.6 Å². The molecule has 1 aliphatic rings. The molecule has 0 spiro atoms. The number of alkyl halides is 3. The topological polar surface area (TPSA) is 74.5 Å². The first kappa shape index (κ1) is 21.4. The van der Waals surface area contributed by atoms with Gasteiger partial charge >= 0.3 is 6.18 Å². The van der Waals surface area contributed by atoms with Crippen molar-refractivity contribution in [3.63, 3.8) is 0 Å². The zero-order chi connectivity index (χ0) is 23.2. The van der Waals surface area contributed by atoms with E-state index < -0.39 is 11.7 Å². The molecule has 3 aromatic heterocycles. The van der Waals surface area contributed by atoms with Crippen LogP contribution in [0.4, 0.5) is 24.5 Å². The number of fused-ring (bicyclic) bond motifs is 2. The summed E-state index contributed by atoms with van der Waals surface area (Å²) in [5.74, 6) is 0.502. The fraction of sp³-hybridized carbons (Fsp3) is 0.364. The van der Waals surface area contributed by atoms with Crippen LogP contribution in [-0.4, -0.2) is 62.9 Å². The van der Waals surface area contributed by atoms with Crippen molar-refractivity contribution in [2.75, 3.05) is 43.4 Å². The molecule has 0 saturated carbocycles. The third-order valence-corrected chi connectivity index (χ3v) is 5.88. The summed E-state index contributed by atoms with van der Waals surface area (Å²) in [6, 6.07) is 7.74. The highest BCUT2D eigenvalue weighted by Crippen LogP contribution is 2.36. The lowest BCUT2D eigenvalue weighted by Gasteiger charge is -2.34. The molecule has 1 aliphatic heterocycles. The number of aromatic nitrogens is 5. The number of hydrogen-bond donors (Lipinski definition) is 1. The first-order chi connectivity index (χ1) is 15.8. The zero-order valence-electron chi connectivity index (χ0n) is 18.3. The van der Waals surface area contributed by atoms with Gasteiger partial charge in [-0.15, -0.1) is 10.2 Å². The Labute approximate surface area is 188 Å². The van der Waals surface area contributed by atoms with Crippen molar-refractivity contribution < 1.29 is 13.2 Å². The molecule has 1 fully saturated rings. The van der Waals surface area contributed by atoms with Gasteiger partial charge in [-0.1, -0.05) is 0 Å².